The SMILES string of the molecule is CC(C)(C)NCC(=O)N1CCCC1C(=O)c1nnc(C2(C)CC2)o1. The maximum atomic E-state index is 12.7. The lowest BCUT2D eigenvalue weighted by atomic mass is 10.1. The van der Waals surface area contributed by atoms with Gasteiger partial charge in [-0.3, -0.25) is 9.59 Å². The van der Waals surface area contributed by atoms with E-state index in [1.165, 1.54) is 0 Å². The first kappa shape index (κ1) is 17.1. The number of Topliss-reactive ketones (excluding diaryl/α,β-unsaturated/α-hetero) is 1. The van der Waals surface area contributed by atoms with E-state index in [4.69, 9.17) is 4.42 Å². The summed E-state index contributed by atoms with van der Waals surface area (Å²) >= 11 is 0. The largest absolute Gasteiger partial charge is 0.418 e. The Kier molecular flexibility index (Phi) is 4.23. The second-order valence-corrected chi connectivity index (χ2v) is 8.19. The van der Waals surface area contributed by atoms with E-state index in [0.29, 0.717) is 18.9 Å². The van der Waals surface area contributed by atoms with Crippen molar-refractivity contribution in [1.29, 1.82) is 0 Å². The summed E-state index contributed by atoms with van der Waals surface area (Å²) in [5.41, 5.74) is -0.205. The zero-order valence-electron chi connectivity index (χ0n) is 14.9. The molecule has 0 bridgehead atoms. The van der Waals surface area contributed by atoms with Crippen molar-refractivity contribution in [3.8, 4) is 0 Å². The number of nitrogens with zero attached hydrogens (tertiary/aromatic N) is 3. The summed E-state index contributed by atoms with van der Waals surface area (Å²) in [6.45, 7) is 8.89. The molecule has 1 aromatic rings. The van der Waals surface area contributed by atoms with Crippen LogP contribution in [0.2, 0.25) is 0 Å². The Labute approximate surface area is 142 Å². The van der Waals surface area contributed by atoms with Crippen LogP contribution in [0.5, 0.6) is 0 Å². The van der Waals surface area contributed by atoms with Gasteiger partial charge in [0.1, 0.15) is 6.04 Å². The molecule has 0 spiro atoms. The van der Waals surface area contributed by atoms with Crippen molar-refractivity contribution < 1.29 is 14.0 Å². The Morgan fingerprint density at radius 2 is 2.04 bits per heavy atom. The molecule has 0 aromatic carbocycles. The molecular formula is C17H26N4O3. The first-order valence-electron chi connectivity index (χ1n) is 8.62. The molecule has 0 radical (unpaired) electrons. The summed E-state index contributed by atoms with van der Waals surface area (Å²) in [4.78, 5) is 26.8. The number of rotatable bonds is 5. The van der Waals surface area contributed by atoms with Crippen molar-refractivity contribution >= 4 is 11.7 Å². The molecule has 7 nitrogen and oxygen atoms in total. The molecule has 3 rings (SSSR count). The van der Waals surface area contributed by atoms with E-state index >= 15 is 0 Å². The van der Waals surface area contributed by atoms with Crippen LogP contribution in [-0.2, 0) is 10.2 Å². The molecule has 2 aliphatic rings. The minimum Gasteiger partial charge on any atom is -0.418 e. The van der Waals surface area contributed by atoms with Crippen molar-refractivity contribution in [2.75, 3.05) is 13.1 Å². The molecule has 24 heavy (non-hydrogen) atoms. The number of carbonyl (C=O) groups is 2. The lowest BCUT2D eigenvalue weighted by molar-refractivity contribution is -0.130. The summed E-state index contributed by atoms with van der Waals surface area (Å²) in [7, 11) is 0. The molecule has 7 heteroatoms. The average molecular weight is 334 g/mol. The van der Waals surface area contributed by atoms with Gasteiger partial charge < -0.3 is 14.6 Å². The average Bonchev–Trinajstić information content (AvgIpc) is 3.00. The fourth-order valence-electron chi connectivity index (χ4n) is 2.89. The third kappa shape index (κ3) is 3.50. The van der Waals surface area contributed by atoms with E-state index < -0.39 is 6.04 Å². The Bertz CT molecular complexity index is 643. The highest BCUT2D eigenvalue weighted by Crippen LogP contribution is 2.46. The topological polar surface area (TPSA) is 88.3 Å². The maximum Gasteiger partial charge on any atom is 0.286 e. The number of hydrogen-bond acceptors (Lipinski definition) is 6. The fraction of sp³-hybridized carbons (Fsp3) is 0.765. The monoisotopic (exact) mass is 334 g/mol. The zero-order chi connectivity index (χ0) is 17.5. The summed E-state index contributed by atoms with van der Waals surface area (Å²) in [6, 6.07) is -0.487. The first-order chi connectivity index (χ1) is 11.2. The summed E-state index contributed by atoms with van der Waals surface area (Å²) < 4.78 is 5.60. The number of nitrogens with one attached hydrogen (secondary N) is 1. The van der Waals surface area contributed by atoms with Crippen molar-refractivity contribution in [3.63, 3.8) is 0 Å². The van der Waals surface area contributed by atoms with Gasteiger partial charge in [-0.1, -0.05) is 6.92 Å². The van der Waals surface area contributed by atoms with Crippen molar-refractivity contribution in [3.05, 3.63) is 11.8 Å². The Balaban J connectivity index is 1.67. The fourth-order valence-corrected chi connectivity index (χ4v) is 2.89. The van der Waals surface area contributed by atoms with Gasteiger partial charge in [0.05, 0.1) is 6.54 Å². The first-order valence-corrected chi connectivity index (χ1v) is 8.62. The maximum absolute atomic E-state index is 12.7. The van der Waals surface area contributed by atoms with Gasteiger partial charge in [0.2, 0.25) is 17.6 Å². The van der Waals surface area contributed by atoms with Crippen LogP contribution in [-0.4, -0.2) is 51.5 Å². The van der Waals surface area contributed by atoms with Gasteiger partial charge >= 0.3 is 0 Å². The Morgan fingerprint density at radius 1 is 1.33 bits per heavy atom. The molecule has 2 heterocycles. The predicted octanol–water partition coefficient (Wildman–Crippen LogP) is 1.68. The molecule has 1 aliphatic heterocycles. The molecule has 1 N–H and O–H groups in total. The van der Waals surface area contributed by atoms with Crippen LogP contribution in [0.15, 0.2) is 4.42 Å². The second kappa shape index (κ2) is 5.95. The van der Waals surface area contributed by atoms with Gasteiger partial charge in [-0.25, -0.2) is 0 Å². The molecule has 1 atom stereocenters. The van der Waals surface area contributed by atoms with Crippen LogP contribution in [0.1, 0.15) is 70.0 Å². The van der Waals surface area contributed by atoms with E-state index in [1.807, 2.05) is 20.8 Å². The number of likely N-dealkylation sites (tertiary alicyclic amines) is 1. The van der Waals surface area contributed by atoms with E-state index in [0.717, 1.165) is 19.3 Å². The highest BCUT2D eigenvalue weighted by atomic mass is 16.4. The zero-order valence-corrected chi connectivity index (χ0v) is 14.9. The number of aromatic nitrogens is 2. The molecule has 1 aromatic heterocycles. The van der Waals surface area contributed by atoms with E-state index in [1.54, 1.807) is 4.90 Å². The summed E-state index contributed by atoms with van der Waals surface area (Å²) in [6.07, 6.45) is 3.48. The summed E-state index contributed by atoms with van der Waals surface area (Å²) in [5, 5.41) is 11.1. The van der Waals surface area contributed by atoms with Crippen molar-refractivity contribution in [2.24, 2.45) is 0 Å². The van der Waals surface area contributed by atoms with Crippen LogP contribution in [0, 0.1) is 0 Å². The molecular weight excluding hydrogens is 308 g/mol. The molecule has 1 saturated carbocycles. The van der Waals surface area contributed by atoms with Crippen molar-refractivity contribution in [1.82, 2.24) is 20.4 Å². The molecule has 1 amide bonds. The van der Waals surface area contributed by atoms with Crippen LogP contribution in [0.3, 0.4) is 0 Å². The van der Waals surface area contributed by atoms with Gasteiger partial charge in [0.25, 0.3) is 5.89 Å². The van der Waals surface area contributed by atoms with Crippen molar-refractivity contribution in [2.45, 2.75) is 70.4 Å². The predicted molar refractivity (Wildman–Crippen MR) is 87.7 cm³/mol. The third-order valence-electron chi connectivity index (χ3n) is 4.80. The molecule has 1 aliphatic carbocycles. The lowest BCUT2D eigenvalue weighted by Crippen LogP contribution is -2.48. The lowest BCUT2D eigenvalue weighted by Gasteiger charge is -2.26. The highest BCUT2D eigenvalue weighted by molar-refractivity contribution is 5.98. The van der Waals surface area contributed by atoms with Gasteiger partial charge in [-0.05, 0) is 46.5 Å². The third-order valence-corrected chi connectivity index (χ3v) is 4.80. The molecule has 1 saturated heterocycles. The standard InChI is InChI=1S/C17H26N4O3/c1-16(2,3)18-10-12(22)21-9-5-6-11(21)13(23)14-19-20-15(24-14)17(4)7-8-17/h11,18H,5-10H2,1-4H3. The van der Waals surface area contributed by atoms with Gasteiger partial charge in [0.15, 0.2) is 0 Å². The quantitative estimate of drug-likeness (QED) is 0.824. The van der Waals surface area contributed by atoms with Gasteiger partial charge in [0, 0.05) is 17.5 Å². The molecule has 1 unspecified atom stereocenters. The molecule has 2 fully saturated rings. The van der Waals surface area contributed by atoms with Gasteiger partial charge in [-0.2, -0.15) is 0 Å². The number of amides is 1. The minimum absolute atomic E-state index is 0.0339. The smallest absolute Gasteiger partial charge is 0.286 e. The molecule has 132 valence electrons. The number of hydrogen-bond donors (Lipinski definition) is 1. The van der Waals surface area contributed by atoms with E-state index in [2.05, 4.69) is 22.4 Å². The van der Waals surface area contributed by atoms with E-state index in [-0.39, 0.29) is 35.1 Å². The normalized spacial score (nSPS) is 22.7. The van der Waals surface area contributed by atoms with E-state index in [9.17, 15) is 9.59 Å². The Morgan fingerprint density at radius 3 is 2.67 bits per heavy atom. The van der Waals surface area contributed by atoms with Gasteiger partial charge in [-0.15, -0.1) is 10.2 Å². The number of carbonyl (C=O) groups excluding carboxylic acids is 2. The van der Waals surface area contributed by atoms with Crippen LogP contribution in [0.25, 0.3) is 0 Å². The number of ketones is 1. The van der Waals surface area contributed by atoms with Crippen LogP contribution >= 0.6 is 0 Å². The second-order valence-electron chi connectivity index (χ2n) is 8.19. The Hall–Kier alpha value is -1.76. The minimum atomic E-state index is -0.487. The van der Waals surface area contributed by atoms with Crippen LogP contribution in [0.4, 0.5) is 0 Å². The van der Waals surface area contributed by atoms with Crippen LogP contribution < -0.4 is 5.32 Å². The highest BCUT2D eigenvalue weighted by Gasteiger charge is 2.45. The summed E-state index contributed by atoms with van der Waals surface area (Å²) in [5.74, 6) is 0.275.